The van der Waals surface area contributed by atoms with Crippen molar-refractivity contribution in [3.8, 4) is 0 Å². The average Bonchev–Trinajstić information content (AvgIpc) is 3.18. The van der Waals surface area contributed by atoms with Crippen molar-refractivity contribution in [2.45, 2.75) is 18.4 Å². The van der Waals surface area contributed by atoms with Crippen LogP contribution in [0.4, 0.5) is 5.82 Å². The van der Waals surface area contributed by atoms with Gasteiger partial charge in [0.05, 0.1) is 5.39 Å². The molecule has 1 aliphatic heterocycles. The van der Waals surface area contributed by atoms with Gasteiger partial charge >= 0.3 is 5.97 Å². The van der Waals surface area contributed by atoms with Crippen molar-refractivity contribution < 1.29 is 14.7 Å². The molecule has 6 N–H and O–H groups in total. The van der Waals surface area contributed by atoms with Gasteiger partial charge in [-0.25, -0.2) is 9.97 Å². The molecule has 0 bridgehead atoms. The summed E-state index contributed by atoms with van der Waals surface area (Å²) in [6.45, 7) is 1.17. The molecule has 152 valence electrons. The molecule has 3 aromatic rings. The van der Waals surface area contributed by atoms with Gasteiger partial charge in [0.25, 0.3) is 0 Å². The normalized spacial score (nSPS) is 15.4. The zero-order valence-electron chi connectivity index (χ0n) is 15.5. The molecule has 10 heteroatoms. The Morgan fingerprint density at radius 2 is 1.93 bits per heavy atom. The summed E-state index contributed by atoms with van der Waals surface area (Å²) < 4.78 is 0. The van der Waals surface area contributed by atoms with Crippen molar-refractivity contribution in [2.75, 3.05) is 18.0 Å². The highest BCUT2D eigenvalue weighted by molar-refractivity contribution is 6.30. The van der Waals surface area contributed by atoms with Crippen molar-refractivity contribution >= 4 is 40.3 Å². The fourth-order valence-electron chi connectivity index (χ4n) is 3.08. The van der Waals surface area contributed by atoms with Gasteiger partial charge < -0.3 is 26.5 Å². The highest BCUT2D eigenvalue weighted by atomic mass is 35.5. The zero-order valence-corrected chi connectivity index (χ0v) is 16.3. The Balaban J connectivity index is 0.000000204. The summed E-state index contributed by atoms with van der Waals surface area (Å²) >= 11 is 5.58. The first-order chi connectivity index (χ1) is 13.8. The minimum atomic E-state index is -1.11. The summed E-state index contributed by atoms with van der Waals surface area (Å²) in [5.74, 6) is -0.553. The molecule has 1 saturated heterocycles. The van der Waals surface area contributed by atoms with E-state index in [-0.39, 0.29) is 0 Å². The minimum absolute atomic E-state index is 0.415. The van der Waals surface area contributed by atoms with Gasteiger partial charge in [0.15, 0.2) is 0 Å². The lowest BCUT2D eigenvalue weighted by Crippen LogP contribution is -2.55. The fraction of sp³-hybridized carbons (Fsp3) is 0.263. The Labute approximate surface area is 171 Å². The van der Waals surface area contributed by atoms with Crippen molar-refractivity contribution in [1.29, 1.82) is 0 Å². The van der Waals surface area contributed by atoms with Crippen molar-refractivity contribution in [1.82, 2.24) is 15.0 Å². The van der Waals surface area contributed by atoms with Gasteiger partial charge in [0.2, 0.25) is 5.91 Å². The number of aromatic amines is 1. The molecule has 1 fully saturated rings. The second-order valence-corrected chi connectivity index (χ2v) is 7.20. The number of rotatable bonds is 3. The van der Waals surface area contributed by atoms with E-state index >= 15 is 0 Å². The fourth-order valence-corrected chi connectivity index (χ4v) is 3.27. The Morgan fingerprint density at radius 1 is 1.21 bits per heavy atom. The standard InChI is InChI=1S/C12H15N5O2.C7H6ClNO/c13-12(11(18)19)2-5-17(6-3-12)10-8-1-4-14-9(8)15-7-16-10;8-6-3-1-2-5(4-6)7(9)10/h1,4,7H,2-3,5-6,13H2,(H,18,19)(H,14,15,16);1-4H,(H2,9,10). The van der Waals surface area contributed by atoms with E-state index in [2.05, 4.69) is 19.9 Å². The van der Waals surface area contributed by atoms with Gasteiger partial charge in [-0.15, -0.1) is 0 Å². The Bertz CT molecular complexity index is 1030. The van der Waals surface area contributed by atoms with Gasteiger partial charge in [0.1, 0.15) is 23.3 Å². The quantitative estimate of drug-likeness (QED) is 0.507. The van der Waals surface area contributed by atoms with Crippen LogP contribution in [0.5, 0.6) is 0 Å². The largest absolute Gasteiger partial charge is 0.480 e. The predicted molar refractivity (Wildman–Crippen MR) is 110 cm³/mol. The van der Waals surface area contributed by atoms with Gasteiger partial charge in [-0.1, -0.05) is 17.7 Å². The number of carboxylic acid groups (broad SMARTS) is 1. The summed E-state index contributed by atoms with van der Waals surface area (Å²) in [6, 6.07) is 8.45. The van der Waals surface area contributed by atoms with Crippen LogP contribution in [-0.2, 0) is 4.79 Å². The zero-order chi connectivity index (χ0) is 21.0. The number of nitrogens with zero attached hydrogens (tertiary/aromatic N) is 3. The van der Waals surface area contributed by atoms with E-state index in [1.807, 2.05) is 12.3 Å². The second-order valence-electron chi connectivity index (χ2n) is 6.76. The molecule has 1 aliphatic rings. The number of aliphatic carboxylic acids is 1. The Kier molecular flexibility index (Phi) is 6.00. The van der Waals surface area contributed by atoms with Gasteiger partial charge in [-0.3, -0.25) is 9.59 Å². The van der Waals surface area contributed by atoms with Gasteiger partial charge in [0, 0.05) is 29.9 Å². The molecule has 0 radical (unpaired) electrons. The molecule has 0 atom stereocenters. The van der Waals surface area contributed by atoms with Crippen LogP contribution in [0.15, 0.2) is 42.9 Å². The Hall–Kier alpha value is -3.17. The minimum Gasteiger partial charge on any atom is -0.480 e. The van der Waals surface area contributed by atoms with Crippen LogP contribution in [0.3, 0.4) is 0 Å². The number of benzene rings is 1. The first-order valence-electron chi connectivity index (χ1n) is 8.91. The van der Waals surface area contributed by atoms with E-state index in [0.717, 1.165) is 16.9 Å². The number of carboxylic acids is 1. The van der Waals surface area contributed by atoms with E-state index in [1.54, 1.807) is 18.2 Å². The van der Waals surface area contributed by atoms with Crippen molar-refractivity contribution in [2.24, 2.45) is 11.5 Å². The number of piperidine rings is 1. The SMILES string of the molecule is NC(=O)c1cccc(Cl)c1.NC1(C(=O)O)CCN(c2ncnc3[nH]ccc23)CC1. The highest BCUT2D eigenvalue weighted by Gasteiger charge is 2.38. The monoisotopic (exact) mass is 416 g/mol. The second kappa shape index (κ2) is 8.46. The van der Waals surface area contributed by atoms with Crippen LogP contribution in [-0.4, -0.2) is 50.6 Å². The molecule has 1 amide bonds. The van der Waals surface area contributed by atoms with E-state index in [4.69, 9.17) is 28.2 Å². The van der Waals surface area contributed by atoms with Crippen molar-refractivity contribution in [3.63, 3.8) is 0 Å². The third-order valence-electron chi connectivity index (χ3n) is 4.82. The molecular weight excluding hydrogens is 396 g/mol. The average molecular weight is 417 g/mol. The Morgan fingerprint density at radius 3 is 2.52 bits per heavy atom. The molecular formula is C19H21ClN6O3. The maximum atomic E-state index is 11.1. The summed E-state index contributed by atoms with van der Waals surface area (Å²) in [4.78, 5) is 35.2. The van der Waals surface area contributed by atoms with Crippen molar-refractivity contribution in [3.05, 3.63) is 53.4 Å². The maximum absolute atomic E-state index is 11.1. The third kappa shape index (κ3) is 4.64. The number of nitrogens with one attached hydrogen (secondary N) is 1. The number of hydrogen-bond donors (Lipinski definition) is 4. The van der Waals surface area contributed by atoms with Crippen LogP contribution in [0, 0.1) is 0 Å². The number of primary amides is 1. The molecule has 1 aromatic carbocycles. The topological polar surface area (TPSA) is 151 Å². The summed E-state index contributed by atoms with van der Waals surface area (Å²) in [5, 5.41) is 10.6. The van der Waals surface area contributed by atoms with E-state index < -0.39 is 17.4 Å². The number of carbonyl (C=O) groups excluding carboxylic acids is 1. The third-order valence-corrected chi connectivity index (χ3v) is 5.06. The summed E-state index contributed by atoms with van der Waals surface area (Å²) in [6.07, 6.45) is 4.16. The van der Waals surface area contributed by atoms with Crippen LogP contribution < -0.4 is 16.4 Å². The summed E-state index contributed by atoms with van der Waals surface area (Å²) in [5.41, 5.74) is 11.0. The van der Waals surface area contributed by atoms with E-state index in [0.29, 0.717) is 36.5 Å². The number of amides is 1. The molecule has 9 nitrogen and oxygen atoms in total. The van der Waals surface area contributed by atoms with Crippen LogP contribution in [0.25, 0.3) is 11.0 Å². The number of halogens is 1. The number of hydrogen-bond acceptors (Lipinski definition) is 6. The van der Waals surface area contributed by atoms with Gasteiger partial charge in [-0.05, 0) is 37.1 Å². The van der Waals surface area contributed by atoms with Crippen LogP contribution in [0.2, 0.25) is 5.02 Å². The number of aromatic nitrogens is 3. The lowest BCUT2D eigenvalue weighted by atomic mass is 9.89. The molecule has 2 aromatic heterocycles. The number of carbonyl (C=O) groups is 2. The number of anilines is 1. The lowest BCUT2D eigenvalue weighted by molar-refractivity contribution is -0.144. The smallest absolute Gasteiger partial charge is 0.323 e. The first kappa shape index (κ1) is 20.6. The molecule has 3 heterocycles. The number of nitrogens with two attached hydrogens (primary N) is 2. The maximum Gasteiger partial charge on any atom is 0.323 e. The number of fused-ring (bicyclic) bond motifs is 1. The van der Waals surface area contributed by atoms with E-state index in [9.17, 15) is 9.59 Å². The lowest BCUT2D eigenvalue weighted by Gasteiger charge is -2.36. The van der Waals surface area contributed by atoms with Crippen LogP contribution in [0.1, 0.15) is 23.2 Å². The molecule has 0 aliphatic carbocycles. The van der Waals surface area contributed by atoms with Gasteiger partial charge in [-0.2, -0.15) is 0 Å². The summed E-state index contributed by atoms with van der Waals surface area (Å²) in [7, 11) is 0. The molecule has 4 rings (SSSR count). The first-order valence-corrected chi connectivity index (χ1v) is 9.28. The number of H-pyrrole nitrogens is 1. The molecule has 0 unspecified atom stereocenters. The van der Waals surface area contributed by atoms with Crippen LogP contribution >= 0.6 is 11.6 Å². The highest BCUT2D eigenvalue weighted by Crippen LogP contribution is 2.27. The predicted octanol–water partition coefficient (Wildman–Crippen LogP) is 1.78. The van der Waals surface area contributed by atoms with E-state index in [1.165, 1.54) is 12.4 Å². The molecule has 0 saturated carbocycles. The molecule has 0 spiro atoms. The molecule has 29 heavy (non-hydrogen) atoms.